The minimum Gasteiger partial charge on any atom is -0.474 e. The van der Waals surface area contributed by atoms with Gasteiger partial charge in [-0.15, -0.1) is 0 Å². The minimum atomic E-state index is -1.36. The van der Waals surface area contributed by atoms with E-state index < -0.39 is 11.9 Å². The number of rotatable bonds is 1. The van der Waals surface area contributed by atoms with Gasteiger partial charge >= 0.3 is 11.9 Å². The quantitative estimate of drug-likeness (QED) is 0.660. The zero-order chi connectivity index (χ0) is 10.7. The second-order valence-corrected chi connectivity index (χ2v) is 5.07. The van der Waals surface area contributed by atoms with Crippen molar-refractivity contribution in [3.8, 4) is 0 Å². The molecular weight excluding hydrogens is 202 g/mol. The van der Waals surface area contributed by atoms with Crippen molar-refractivity contribution in [3.63, 3.8) is 0 Å². The first-order valence-corrected chi connectivity index (χ1v) is 5.69. The van der Waals surface area contributed by atoms with Crippen molar-refractivity contribution < 1.29 is 14.7 Å². The van der Waals surface area contributed by atoms with Gasteiger partial charge in [-0.2, -0.15) is 11.8 Å². The van der Waals surface area contributed by atoms with E-state index in [9.17, 15) is 9.59 Å². The lowest BCUT2D eigenvalue weighted by atomic mass is 10.1. The average molecular weight is 217 g/mol. The summed E-state index contributed by atoms with van der Waals surface area (Å²) in [5, 5.41) is 9.16. The number of carboxylic acid groups (broad SMARTS) is 1. The molecule has 0 aromatic heterocycles. The van der Waals surface area contributed by atoms with E-state index in [2.05, 4.69) is 6.92 Å². The third kappa shape index (κ3) is 2.64. The summed E-state index contributed by atoms with van der Waals surface area (Å²) in [6, 6.07) is 0.0831. The highest BCUT2D eigenvalue weighted by Gasteiger charge is 2.28. The average Bonchev–Trinajstić information content (AvgIpc) is 2.16. The molecule has 0 aromatic rings. The van der Waals surface area contributed by atoms with Crippen molar-refractivity contribution in [2.45, 2.75) is 31.1 Å². The summed E-state index contributed by atoms with van der Waals surface area (Å²) >= 11 is 1.80. The van der Waals surface area contributed by atoms with Crippen molar-refractivity contribution in [1.29, 1.82) is 0 Å². The largest absolute Gasteiger partial charge is 0.474 e. The van der Waals surface area contributed by atoms with Gasteiger partial charge in [0.2, 0.25) is 0 Å². The molecule has 1 heterocycles. The Bertz CT molecular complexity index is 236. The lowest BCUT2D eigenvalue weighted by Crippen LogP contribution is -2.44. The van der Waals surface area contributed by atoms with Crippen molar-refractivity contribution in [2.75, 3.05) is 12.8 Å². The highest BCUT2D eigenvalue weighted by atomic mass is 32.2. The number of nitrogens with zero attached hydrogens (tertiary/aromatic N) is 1. The zero-order valence-electron chi connectivity index (χ0n) is 8.40. The van der Waals surface area contributed by atoms with E-state index in [1.807, 2.05) is 0 Å². The van der Waals surface area contributed by atoms with Crippen LogP contribution in [0.4, 0.5) is 0 Å². The molecule has 4 nitrogen and oxygen atoms in total. The van der Waals surface area contributed by atoms with Crippen LogP contribution in [0.1, 0.15) is 19.8 Å². The van der Waals surface area contributed by atoms with Gasteiger partial charge in [-0.25, -0.2) is 4.79 Å². The molecule has 1 aliphatic heterocycles. The number of thioether (sulfide) groups is 1. The van der Waals surface area contributed by atoms with Crippen LogP contribution in [-0.2, 0) is 9.59 Å². The molecule has 5 heteroatoms. The Morgan fingerprint density at radius 3 is 2.50 bits per heavy atom. The lowest BCUT2D eigenvalue weighted by Gasteiger charge is -2.32. The SMILES string of the molecule is CC1CCC(N(C)C(=O)C(=O)O)CS1. The molecule has 0 radical (unpaired) electrons. The predicted molar refractivity (Wildman–Crippen MR) is 55.3 cm³/mol. The van der Waals surface area contributed by atoms with Crippen LogP contribution >= 0.6 is 11.8 Å². The summed E-state index contributed by atoms with van der Waals surface area (Å²) in [4.78, 5) is 22.9. The number of carbonyl (C=O) groups excluding carboxylic acids is 1. The lowest BCUT2D eigenvalue weighted by molar-refractivity contribution is -0.156. The summed E-state index contributed by atoms with van der Waals surface area (Å²) < 4.78 is 0. The van der Waals surface area contributed by atoms with Crippen LogP contribution < -0.4 is 0 Å². The second kappa shape index (κ2) is 4.68. The Morgan fingerprint density at radius 1 is 1.43 bits per heavy atom. The first-order chi connectivity index (χ1) is 6.52. The molecule has 2 unspecified atom stereocenters. The maximum Gasteiger partial charge on any atom is 0.394 e. The van der Waals surface area contributed by atoms with Crippen LogP contribution in [0.15, 0.2) is 0 Å². The fourth-order valence-electron chi connectivity index (χ4n) is 1.49. The van der Waals surface area contributed by atoms with E-state index in [-0.39, 0.29) is 6.04 Å². The first-order valence-electron chi connectivity index (χ1n) is 4.64. The topological polar surface area (TPSA) is 57.6 Å². The van der Waals surface area contributed by atoms with Crippen LogP contribution in [0, 0.1) is 0 Å². The van der Waals surface area contributed by atoms with Gasteiger partial charge < -0.3 is 10.0 Å². The van der Waals surface area contributed by atoms with Gasteiger partial charge in [-0.1, -0.05) is 6.92 Å². The number of aliphatic carboxylic acids is 1. The molecule has 0 bridgehead atoms. The summed E-state index contributed by atoms with van der Waals surface area (Å²) in [6.45, 7) is 2.15. The molecule has 0 aromatic carbocycles. The highest BCUT2D eigenvalue weighted by molar-refractivity contribution is 7.99. The van der Waals surface area contributed by atoms with Crippen LogP contribution in [0.2, 0.25) is 0 Å². The maximum atomic E-state index is 11.1. The molecule has 1 amide bonds. The minimum absolute atomic E-state index is 0.0831. The van der Waals surface area contributed by atoms with Gasteiger partial charge in [0.25, 0.3) is 0 Å². The summed E-state index contributed by atoms with van der Waals surface area (Å²) in [5.41, 5.74) is 0. The molecule has 1 rings (SSSR count). The zero-order valence-corrected chi connectivity index (χ0v) is 9.21. The van der Waals surface area contributed by atoms with E-state index in [0.29, 0.717) is 5.25 Å². The molecule has 2 atom stereocenters. The van der Waals surface area contributed by atoms with E-state index >= 15 is 0 Å². The maximum absolute atomic E-state index is 11.1. The van der Waals surface area contributed by atoms with E-state index in [4.69, 9.17) is 5.11 Å². The van der Waals surface area contributed by atoms with Gasteiger partial charge in [0.15, 0.2) is 0 Å². The molecule has 14 heavy (non-hydrogen) atoms. The summed E-state index contributed by atoms with van der Waals surface area (Å²) in [5.74, 6) is -1.32. The molecule has 1 aliphatic rings. The van der Waals surface area contributed by atoms with E-state index in [1.165, 1.54) is 4.90 Å². The van der Waals surface area contributed by atoms with Gasteiger partial charge in [-0.3, -0.25) is 4.79 Å². The van der Waals surface area contributed by atoms with Gasteiger partial charge in [0, 0.05) is 24.1 Å². The number of amides is 1. The number of hydrogen-bond donors (Lipinski definition) is 1. The molecule has 1 saturated heterocycles. The Hall–Kier alpha value is -0.710. The molecule has 0 aliphatic carbocycles. The Labute approximate surface area is 87.7 Å². The van der Waals surface area contributed by atoms with Crippen molar-refractivity contribution >= 4 is 23.6 Å². The third-order valence-corrected chi connectivity index (χ3v) is 3.91. The van der Waals surface area contributed by atoms with Gasteiger partial charge in [-0.05, 0) is 12.8 Å². The Balaban J connectivity index is 2.49. The van der Waals surface area contributed by atoms with Crippen LogP contribution in [0.25, 0.3) is 0 Å². The summed E-state index contributed by atoms with van der Waals surface area (Å²) in [6.07, 6.45) is 1.95. The smallest absolute Gasteiger partial charge is 0.394 e. The molecule has 0 saturated carbocycles. The number of carboxylic acids is 1. The number of likely N-dealkylation sites (N-methyl/N-ethyl adjacent to an activating group) is 1. The van der Waals surface area contributed by atoms with E-state index in [0.717, 1.165) is 18.6 Å². The van der Waals surface area contributed by atoms with Crippen LogP contribution in [0.5, 0.6) is 0 Å². The normalized spacial score (nSPS) is 27.0. The predicted octanol–water partition coefficient (Wildman–Crippen LogP) is 0.813. The molecule has 1 N–H and O–H groups in total. The van der Waals surface area contributed by atoms with Crippen molar-refractivity contribution in [2.24, 2.45) is 0 Å². The Kier molecular flexibility index (Phi) is 3.80. The van der Waals surface area contributed by atoms with Crippen molar-refractivity contribution in [1.82, 2.24) is 4.90 Å². The molecule has 1 fully saturated rings. The third-order valence-electron chi connectivity index (χ3n) is 2.53. The van der Waals surface area contributed by atoms with Crippen LogP contribution in [-0.4, -0.2) is 46.0 Å². The standard InChI is InChI=1S/C9H15NO3S/c1-6-3-4-7(5-14-6)10(2)8(11)9(12)13/h6-7H,3-5H2,1-2H3,(H,12,13). The Morgan fingerprint density at radius 2 is 2.07 bits per heavy atom. The molecule has 80 valence electrons. The van der Waals surface area contributed by atoms with Crippen molar-refractivity contribution in [3.05, 3.63) is 0 Å². The molecular formula is C9H15NO3S. The number of hydrogen-bond acceptors (Lipinski definition) is 3. The number of carbonyl (C=O) groups is 2. The second-order valence-electron chi connectivity index (χ2n) is 3.60. The monoisotopic (exact) mass is 217 g/mol. The highest BCUT2D eigenvalue weighted by Crippen LogP contribution is 2.27. The fraction of sp³-hybridized carbons (Fsp3) is 0.778. The summed E-state index contributed by atoms with van der Waals surface area (Å²) in [7, 11) is 1.57. The first kappa shape index (κ1) is 11.4. The van der Waals surface area contributed by atoms with Crippen LogP contribution in [0.3, 0.4) is 0 Å². The van der Waals surface area contributed by atoms with E-state index in [1.54, 1.807) is 18.8 Å². The van der Waals surface area contributed by atoms with Gasteiger partial charge in [0.05, 0.1) is 0 Å². The fourth-order valence-corrected chi connectivity index (χ4v) is 2.73. The van der Waals surface area contributed by atoms with Gasteiger partial charge in [0.1, 0.15) is 0 Å². The molecule has 0 spiro atoms.